The number of ketones is 1. The van der Waals surface area contributed by atoms with Gasteiger partial charge in [0.25, 0.3) is 5.91 Å². The number of Topliss-reactive ketones (excluding diaryl/α,β-unsaturated/α-hetero) is 1. The van der Waals surface area contributed by atoms with Crippen LogP contribution in [-0.2, 0) is 33.9 Å². The van der Waals surface area contributed by atoms with Crippen molar-refractivity contribution in [2.45, 2.75) is 108 Å². The Bertz CT molecular complexity index is 1890. The van der Waals surface area contributed by atoms with Crippen LogP contribution in [0.1, 0.15) is 73.1 Å². The maximum atomic E-state index is 14.4. The summed E-state index contributed by atoms with van der Waals surface area (Å²) in [7, 11) is -2.41. The number of hydrogen-bond donors (Lipinski definition) is 3. The summed E-state index contributed by atoms with van der Waals surface area (Å²) >= 11 is 0. The summed E-state index contributed by atoms with van der Waals surface area (Å²) in [6.07, 6.45) is 1.57. The van der Waals surface area contributed by atoms with Crippen molar-refractivity contribution in [3.8, 4) is 11.6 Å². The fourth-order valence-corrected chi connectivity index (χ4v) is 7.23. The van der Waals surface area contributed by atoms with Crippen molar-refractivity contribution in [1.29, 1.82) is 0 Å². The Kier molecular flexibility index (Phi) is 12.6. The number of allylic oxidation sites excluding steroid dienone is 1. The molecule has 1 aliphatic heterocycles. The number of pyridine rings is 1. The van der Waals surface area contributed by atoms with Crippen LogP contribution in [0.25, 0.3) is 10.8 Å². The van der Waals surface area contributed by atoms with Crippen LogP contribution in [0.15, 0.2) is 55.3 Å². The number of hydrogen-bond acceptors (Lipinski definition) is 11. The number of nitrogens with one attached hydrogen (secondary N) is 3. The molecule has 0 unspecified atom stereocenters. The minimum absolute atomic E-state index is 0.0676. The molecule has 0 radical (unpaired) electrons. The molecule has 4 amide bonds. The van der Waals surface area contributed by atoms with E-state index < -0.39 is 68.4 Å². The van der Waals surface area contributed by atoms with Gasteiger partial charge in [-0.1, -0.05) is 12.7 Å². The first-order chi connectivity index (χ1) is 24.8. The molecule has 3 N–H and O–H groups in total. The van der Waals surface area contributed by atoms with E-state index in [1.54, 1.807) is 58.3 Å². The molecular weight excluding hydrogens is 706 g/mol. The van der Waals surface area contributed by atoms with E-state index in [9.17, 15) is 32.4 Å². The molecule has 1 aromatic carbocycles. The summed E-state index contributed by atoms with van der Waals surface area (Å²) < 4.78 is 44.5. The van der Waals surface area contributed by atoms with Crippen molar-refractivity contribution < 1.29 is 46.6 Å². The highest BCUT2D eigenvalue weighted by molar-refractivity contribution is 7.91. The summed E-state index contributed by atoms with van der Waals surface area (Å²) in [5, 5.41) is 5.95. The Hall–Kier alpha value is -4.99. The van der Waals surface area contributed by atoms with Crippen LogP contribution in [0, 0.1) is 0 Å². The first-order valence-electron chi connectivity index (χ1n) is 17.3. The lowest BCUT2D eigenvalue weighted by Crippen LogP contribution is -2.61. The van der Waals surface area contributed by atoms with Crippen LogP contribution in [-0.4, -0.2) is 96.1 Å². The summed E-state index contributed by atoms with van der Waals surface area (Å²) in [6, 6.07) is 4.52. The minimum atomic E-state index is -3.96. The number of amides is 4. The molecule has 2 heterocycles. The van der Waals surface area contributed by atoms with Gasteiger partial charge < -0.3 is 29.7 Å². The minimum Gasteiger partial charge on any atom is -0.497 e. The van der Waals surface area contributed by atoms with Gasteiger partial charge in [0.1, 0.15) is 35.1 Å². The van der Waals surface area contributed by atoms with Crippen molar-refractivity contribution in [3.05, 3.63) is 55.3 Å². The molecule has 53 heavy (non-hydrogen) atoms. The number of benzene rings is 1. The predicted molar refractivity (Wildman–Crippen MR) is 196 cm³/mol. The van der Waals surface area contributed by atoms with Crippen LogP contribution >= 0.6 is 0 Å². The van der Waals surface area contributed by atoms with Gasteiger partial charge in [0.05, 0.1) is 18.9 Å². The van der Waals surface area contributed by atoms with Gasteiger partial charge in [-0.2, -0.15) is 0 Å². The fourth-order valence-electron chi connectivity index (χ4n) is 5.83. The number of aromatic nitrogens is 1. The third-order valence-electron chi connectivity index (χ3n) is 8.84. The second kappa shape index (κ2) is 16.4. The van der Waals surface area contributed by atoms with E-state index in [4.69, 9.17) is 14.2 Å². The molecule has 288 valence electrons. The lowest BCUT2D eigenvalue weighted by atomic mass is 9.96. The van der Waals surface area contributed by atoms with Gasteiger partial charge in [0.2, 0.25) is 27.7 Å². The highest BCUT2D eigenvalue weighted by Crippen LogP contribution is 2.31. The normalized spacial score (nSPS) is 18.9. The zero-order chi connectivity index (χ0) is 39.3. The third-order valence-corrected chi connectivity index (χ3v) is 10.7. The monoisotopic (exact) mass is 755 g/mol. The summed E-state index contributed by atoms with van der Waals surface area (Å²) in [5.74, 6) is -1.92. The van der Waals surface area contributed by atoms with Crippen molar-refractivity contribution in [2.24, 2.45) is 0 Å². The first-order valence-corrected chi connectivity index (χ1v) is 18.9. The molecule has 4 rings (SSSR count). The van der Waals surface area contributed by atoms with Gasteiger partial charge in [-0.25, -0.2) is 18.2 Å². The Morgan fingerprint density at radius 3 is 2.42 bits per heavy atom. The molecule has 16 heteroatoms. The summed E-state index contributed by atoms with van der Waals surface area (Å²) in [4.78, 5) is 73.1. The van der Waals surface area contributed by atoms with E-state index in [2.05, 4.69) is 33.5 Å². The number of carbonyl (C=O) groups is 5. The van der Waals surface area contributed by atoms with Gasteiger partial charge in [0, 0.05) is 24.4 Å². The fraction of sp³-hybridized carbons (Fsp3) is 0.514. The number of rotatable bonds is 16. The second-order valence-corrected chi connectivity index (χ2v) is 16.6. The van der Waals surface area contributed by atoms with Crippen molar-refractivity contribution in [1.82, 2.24) is 25.2 Å². The molecule has 2 aromatic rings. The van der Waals surface area contributed by atoms with Crippen LogP contribution in [0.4, 0.5) is 4.79 Å². The number of methoxy groups -OCH3 is 1. The van der Waals surface area contributed by atoms with Crippen LogP contribution in [0.3, 0.4) is 0 Å². The number of carbonyl (C=O) groups excluding carboxylic acids is 5. The standard InChI is InChI=1S/C37H49N5O10S/c1-9-17-37(7,34(46)41-53(48,49)26-11-12-26)40-31(44)29-20-25(51-32-27-13-10-24(50-8)19-23(27)16-18-38-32)21-42(29)33(45)28(14-15-30(43)22(2)3)39-35(47)52-36(4,5)6/h9-10,13,16,18-19,25-26,28-29H,1-2,11-12,14-15,17,20-21H2,3-8H3,(H,39,47)(H,40,44)(H,41,46)/t25-,28+,29+,37+/m1/s1. The lowest BCUT2D eigenvalue weighted by Gasteiger charge is -2.33. The van der Waals surface area contributed by atoms with E-state index >= 15 is 0 Å². The Morgan fingerprint density at radius 2 is 1.81 bits per heavy atom. The van der Waals surface area contributed by atoms with Gasteiger partial charge in [-0.15, -0.1) is 6.58 Å². The molecule has 0 spiro atoms. The van der Waals surface area contributed by atoms with E-state index in [0.29, 0.717) is 24.0 Å². The van der Waals surface area contributed by atoms with E-state index in [1.807, 2.05) is 0 Å². The zero-order valence-corrected chi connectivity index (χ0v) is 31.8. The van der Waals surface area contributed by atoms with Crippen LogP contribution in [0.5, 0.6) is 11.6 Å². The van der Waals surface area contributed by atoms with Gasteiger partial charge in [-0.3, -0.25) is 23.9 Å². The molecular formula is C37H49N5O10S. The molecule has 1 aromatic heterocycles. The second-order valence-electron chi connectivity index (χ2n) is 14.6. The van der Waals surface area contributed by atoms with E-state index in [-0.39, 0.29) is 49.5 Å². The van der Waals surface area contributed by atoms with Gasteiger partial charge in [-0.05, 0) is 95.5 Å². The smallest absolute Gasteiger partial charge is 0.408 e. The van der Waals surface area contributed by atoms with Crippen molar-refractivity contribution in [2.75, 3.05) is 13.7 Å². The first kappa shape index (κ1) is 40.8. The largest absolute Gasteiger partial charge is 0.497 e. The molecule has 0 bridgehead atoms. The van der Waals surface area contributed by atoms with Crippen molar-refractivity contribution >= 4 is 50.4 Å². The van der Waals surface area contributed by atoms with E-state index in [0.717, 1.165) is 5.39 Å². The highest BCUT2D eigenvalue weighted by atomic mass is 32.2. The zero-order valence-electron chi connectivity index (χ0n) is 31.0. The number of sulfonamides is 1. The quantitative estimate of drug-likeness (QED) is 0.167. The number of alkyl carbamates (subject to hydrolysis) is 1. The summed E-state index contributed by atoms with van der Waals surface area (Å²) in [6.45, 7) is 15.0. The topological polar surface area (TPSA) is 199 Å². The molecule has 2 fully saturated rings. The number of likely N-dealkylation sites (tertiary alicyclic amines) is 1. The SMILES string of the molecule is C=CC[C@](C)(NC(=O)[C@@H]1C[C@@H](Oc2nccc3cc(OC)ccc23)CN1C(=O)[C@H](CCC(=O)C(=C)C)NC(=O)OC(C)(C)C)C(=O)NS(=O)(=O)C1CC1. The van der Waals surface area contributed by atoms with Gasteiger partial charge in [0.15, 0.2) is 5.78 Å². The Morgan fingerprint density at radius 1 is 1.11 bits per heavy atom. The van der Waals surface area contributed by atoms with Crippen LogP contribution < -0.4 is 24.8 Å². The summed E-state index contributed by atoms with van der Waals surface area (Å²) in [5.41, 5.74) is -2.41. The van der Waals surface area contributed by atoms with Gasteiger partial charge >= 0.3 is 6.09 Å². The van der Waals surface area contributed by atoms with Crippen molar-refractivity contribution in [3.63, 3.8) is 0 Å². The van der Waals surface area contributed by atoms with Crippen LogP contribution in [0.2, 0.25) is 0 Å². The molecule has 2 aliphatic rings. The maximum Gasteiger partial charge on any atom is 0.408 e. The third kappa shape index (κ3) is 10.6. The molecule has 15 nitrogen and oxygen atoms in total. The lowest BCUT2D eigenvalue weighted by molar-refractivity contribution is -0.142. The number of fused-ring (bicyclic) bond motifs is 1. The Labute approximate surface area is 309 Å². The molecule has 1 saturated carbocycles. The van der Waals surface area contributed by atoms with E-state index in [1.165, 1.54) is 24.8 Å². The average molecular weight is 756 g/mol. The molecule has 1 saturated heterocycles. The molecule has 1 aliphatic carbocycles. The maximum absolute atomic E-state index is 14.4. The number of nitrogens with zero attached hydrogens (tertiary/aromatic N) is 2. The highest BCUT2D eigenvalue weighted by Gasteiger charge is 2.47. The predicted octanol–water partition coefficient (Wildman–Crippen LogP) is 3.47. The number of ether oxygens (including phenoxy) is 3. The average Bonchev–Trinajstić information content (AvgIpc) is 3.86. The Balaban J connectivity index is 1.68. The molecule has 4 atom stereocenters.